The molecular formula is C15H31NO4. The number of hydrogen-bond acceptors (Lipinski definition) is 4. The Labute approximate surface area is 123 Å². The second-order valence-corrected chi connectivity index (χ2v) is 4.86. The molecule has 0 aromatic rings. The summed E-state index contributed by atoms with van der Waals surface area (Å²) < 4.78 is 9.91. The number of rotatable bonds is 9. The van der Waals surface area contributed by atoms with Gasteiger partial charge in [0, 0.05) is 6.61 Å². The van der Waals surface area contributed by atoms with Crippen molar-refractivity contribution in [2.24, 2.45) is 0 Å². The molecule has 0 spiro atoms. The summed E-state index contributed by atoms with van der Waals surface area (Å²) in [6.07, 6.45) is 5.70. The molecule has 1 aliphatic heterocycles. The molecule has 5 nitrogen and oxygen atoms in total. The average Bonchev–Trinajstić information content (AvgIpc) is 2.45. The van der Waals surface area contributed by atoms with Gasteiger partial charge in [-0.05, 0) is 45.8 Å². The fourth-order valence-corrected chi connectivity index (χ4v) is 2.02. The van der Waals surface area contributed by atoms with Gasteiger partial charge in [-0.15, -0.1) is 0 Å². The number of aliphatic carboxylic acids is 1. The monoisotopic (exact) mass is 289 g/mol. The molecule has 120 valence electrons. The lowest BCUT2D eigenvalue weighted by Gasteiger charge is -2.25. The van der Waals surface area contributed by atoms with Gasteiger partial charge in [-0.1, -0.05) is 13.3 Å². The Hall–Kier alpha value is -0.650. The normalized spacial score (nSPS) is 15.5. The fraction of sp³-hybridized carbons (Fsp3) is 0.933. The summed E-state index contributed by atoms with van der Waals surface area (Å²) in [5.74, 6) is -0.832. The van der Waals surface area contributed by atoms with E-state index in [2.05, 4.69) is 11.8 Å². The summed E-state index contributed by atoms with van der Waals surface area (Å²) in [6.45, 7) is 10.1. The molecule has 0 aliphatic carbocycles. The molecule has 0 saturated carbocycles. The molecule has 0 atom stereocenters. The Morgan fingerprint density at radius 3 is 2.25 bits per heavy atom. The summed E-state index contributed by atoms with van der Waals surface area (Å²) in [5, 5.41) is 8.20. The summed E-state index contributed by atoms with van der Waals surface area (Å²) in [6, 6.07) is 0. The fourth-order valence-electron chi connectivity index (χ4n) is 2.02. The number of carbonyl (C=O) groups is 1. The second kappa shape index (κ2) is 14.8. The molecule has 1 heterocycles. The first-order valence-corrected chi connectivity index (χ1v) is 7.80. The van der Waals surface area contributed by atoms with E-state index in [-0.39, 0.29) is 13.0 Å². The Morgan fingerprint density at radius 1 is 1.05 bits per heavy atom. The number of carboxylic acids is 1. The predicted octanol–water partition coefficient (Wildman–Crippen LogP) is 2.40. The van der Waals surface area contributed by atoms with Crippen molar-refractivity contribution in [3.05, 3.63) is 0 Å². The molecule has 20 heavy (non-hydrogen) atoms. The molecule has 0 bridgehead atoms. The zero-order valence-electron chi connectivity index (χ0n) is 13.1. The van der Waals surface area contributed by atoms with Gasteiger partial charge in [-0.3, -0.25) is 4.79 Å². The standard InChI is InChI=1S/C8H17N.C7H14O4/c1-2-6-9-7-4-3-5-8-9;1-2-10-5-6-11-4-3-7(8)9/h2-8H2,1H3;2-6H2,1H3,(H,8,9). The molecule has 1 aliphatic rings. The minimum Gasteiger partial charge on any atom is -0.481 e. The van der Waals surface area contributed by atoms with Crippen LogP contribution in [0.3, 0.4) is 0 Å². The van der Waals surface area contributed by atoms with Gasteiger partial charge in [0.1, 0.15) is 0 Å². The lowest BCUT2D eigenvalue weighted by atomic mass is 10.1. The van der Waals surface area contributed by atoms with Crippen LogP contribution in [-0.4, -0.2) is 62.0 Å². The molecular weight excluding hydrogens is 258 g/mol. The van der Waals surface area contributed by atoms with Crippen molar-refractivity contribution in [2.75, 3.05) is 46.1 Å². The van der Waals surface area contributed by atoms with Crippen molar-refractivity contribution >= 4 is 5.97 Å². The van der Waals surface area contributed by atoms with E-state index in [0.717, 1.165) is 0 Å². The van der Waals surface area contributed by atoms with Crippen LogP contribution in [0.2, 0.25) is 0 Å². The maximum absolute atomic E-state index is 9.98. The van der Waals surface area contributed by atoms with Gasteiger partial charge in [0.05, 0.1) is 26.2 Å². The van der Waals surface area contributed by atoms with Crippen molar-refractivity contribution in [3.8, 4) is 0 Å². The van der Waals surface area contributed by atoms with Gasteiger partial charge < -0.3 is 19.5 Å². The van der Waals surface area contributed by atoms with Gasteiger partial charge in [-0.2, -0.15) is 0 Å². The van der Waals surface area contributed by atoms with Crippen LogP contribution in [0, 0.1) is 0 Å². The van der Waals surface area contributed by atoms with Gasteiger partial charge >= 0.3 is 5.97 Å². The summed E-state index contributed by atoms with van der Waals surface area (Å²) in [7, 11) is 0. The van der Waals surface area contributed by atoms with E-state index in [1.54, 1.807) is 0 Å². The van der Waals surface area contributed by atoms with Crippen LogP contribution in [0.5, 0.6) is 0 Å². The minimum atomic E-state index is -0.832. The van der Waals surface area contributed by atoms with Crippen LogP contribution in [0.4, 0.5) is 0 Å². The van der Waals surface area contributed by atoms with E-state index in [9.17, 15) is 4.79 Å². The number of carboxylic acid groups (broad SMARTS) is 1. The van der Waals surface area contributed by atoms with Gasteiger partial charge in [-0.25, -0.2) is 0 Å². The van der Waals surface area contributed by atoms with Crippen molar-refractivity contribution in [2.45, 2.75) is 46.0 Å². The van der Waals surface area contributed by atoms with E-state index in [0.29, 0.717) is 19.8 Å². The molecule has 0 aromatic heterocycles. The quantitative estimate of drug-likeness (QED) is 0.660. The van der Waals surface area contributed by atoms with Crippen molar-refractivity contribution < 1.29 is 19.4 Å². The molecule has 5 heteroatoms. The topological polar surface area (TPSA) is 59.0 Å². The highest BCUT2D eigenvalue weighted by Crippen LogP contribution is 2.07. The average molecular weight is 289 g/mol. The number of hydrogen-bond donors (Lipinski definition) is 1. The van der Waals surface area contributed by atoms with Crippen LogP contribution in [0.1, 0.15) is 46.0 Å². The van der Waals surface area contributed by atoms with Crippen LogP contribution in [0.25, 0.3) is 0 Å². The lowest BCUT2D eigenvalue weighted by molar-refractivity contribution is -0.138. The van der Waals surface area contributed by atoms with E-state index >= 15 is 0 Å². The largest absolute Gasteiger partial charge is 0.481 e. The maximum atomic E-state index is 9.98. The Balaban J connectivity index is 0.000000367. The highest BCUT2D eigenvalue weighted by molar-refractivity contribution is 5.66. The van der Waals surface area contributed by atoms with Crippen LogP contribution < -0.4 is 0 Å². The van der Waals surface area contributed by atoms with E-state index in [1.165, 1.54) is 45.3 Å². The van der Waals surface area contributed by atoms with Crippen LogP contribution in [-0.2, 0) is 14.3 Å². The predicted molar refractivity (Wildman–Crippen MR) is 80.1 cm³/mol. The zero-order valence-corrected chi connectivity index (χ0v) is 13.1. The third-order valence-electron chi connectivity index (χ3n) is 3.02. The highest BCUT2D eigenvalue weighted by atomic mass is 16.5. The molecule has 1 N–H and O–H groups in total. The number of piperidine rings is 1. The molecule has 0 aromatic carbocycles. The number of likely N-dealkylation sites (tertiary alicyclic amines) is 1. The molecule has 0 unspecified atom stereocenters. The first kappa shape index (κ1) is 19.4. The van der Waals surface area contributed by atoms with Crippen molar-refractivity contribution in [1.29, 1.82) is 0 Å². The Bertz CT molecular complexity index is 215. The van der Waals surface area contributed by atoms with Crippen LogP contribution >= 0.6 is 0 Å². The first-order chi connectivity index (χ1) is 9.70. The first-order valence-electron chi connectivity index (χ1n) is 7.80. The number of ether oxygens (including phenoxy) is 2. The summed E-state index contributed by atoms with van der Waals surface area (Å²) >= 11 is 0. The Morgan fingerprint density at radius 2 is 1.70 bits per heavy atom. The lowest BCUT2D eigenvalue weighted by Crippen LogP contribution is -2.30. The van der Waals surface area contributed by atoms with Gasteiger partial charge in [0.25, 0.3) is 0 Å². The van der Waals surface area contributed by atoms with Crippen molar-refractivity contribution in [3.63, 3.8) is 0 Å². The number of nitrogens with zero attached hydrogens (tertiary/aromatic N) is 1. The molecule has 1 fully saturated rings. The summed E-state index contributed by atoms with van der Waals surface area (Å²) in [5.41, 5.74) is 0. The molecule has 1 rings (SSSR count). The summed E-state index contributed by atoms with van der Waals surface area (Å²) in [4.78, 5) is 12.5. The minimum absolute atomic E-state index is 0.0616. The third-order valence-corrected chi connectivity index (χ3v) is 3.02. The molecule has 0 radical (unpaired) electrons. The van der Waals surface area contributed by atoms with Crippen molar-refractivity contribution in [1.82, 2.24) is 4.90 Å². The van der Waals surface area contributed by atoms with Gasteiger partial charge in [0.2, 0.25) is 0 Å². The van der Waals surface area contributed by atoms with Gasteiger partial charge in [0.15, 0.2) is 0 Å². The van der Waals surface area contributed by atoms with E-state index < -0.39 is 5.97 Å². The molecule has 0 amide bonds. The van der Waals surface area contributed by atoms with E-state index in [1.807, 2.05) is 6.92 Å². The molecule has 1 saturated heterocycles. The zero-order chi connectivity index (χ0) is 15.1. The Kier molecular flexibility index (Phi) is 14.3. The highest BCUT2D eigenvalue weighted by Gasteiger charge is 2.07. The smallest absolute Gasteiger partial charge is 0.305 e. The SMILES string of the molecule is CCCN1CCCCC1.CCOCCOCCC(=O)O. The van der Waals surface area contributed by atoms with E-state index in [4.69, 9.17) is 14.6 Å². The second-order valence-electron chi connectivity index (χ2n) is 4.86. The van der Waals surface area contributed by atoms with Crippen LogP contribution in [0.15, 0.2) is 0 Å². The third kappa shape index (κ3) is 13.8. The maximum Gasteiger partial charge on any atom is 0.305 e.